The number of nitrogens with one attached hydrogen (secondary N) is 1. The van der Waals surface area contributed by atoms with Gasteiger partial charge in [0.05, 0.1) is 24.1 Å². The summed E-state index contributed by atoms with van der Waals surface area (Å²) >= 11 is 0. The first-order chi connectivity index (χ1) is 9.16. The van der Waals surface area contributed by atoms with Gasteiger partial charge in [-0.05, 0) is 5.41 Å². The van der Waals surface area contributed by atoms with E-state index in [0.29, 0.717) is 5.69 Å². The molecular formula is C12H17N3O5. The normalized spacial score (nSPS) is 12.6. The summed E-state index contributed by atoms with van der Waals surface area (Å²) in [6.07, 6.45) is -0.118. The molecule has 0 bridgehead atoms. The lowest BCUT2D eigenvalue weighted by Gasteiger charge is -2.30. The van der Waals surface area contributed by atoms with Crippen molar-refractivity contribution in [2.24, 2.45) is 5.41 Å². The first-order valence-corrected chi connectivity index (χ1v) is 5.84. The van der Waals surface area contributed by atoms with Crippen molar-refractivity contribution in [3.05, 3.63) is 28.1 Å². The Kier molecular flexibility index (Phi) is 4.49. The second-order valence-corrected chi connectivity index (χ2v) is 5.29. The van der Waals surface area contributed by atoms with Gasteiger partial charge in [0.1, 0.15) is 17.6 Å². The van der Waals surface area contributed by atoms with E-state index in [1.807, 2.05) is 20.8 Å². The van der Waals surface area contributed by atoms with Crippen molar-refractivity contribution in [3.8, 4) is 5.75 Å². The molecule has 0 saturated carbocycles. The van der Waals surface area contributed by atoms with Crippen LogP contribution in [0.2, 0.25) is 0 Å². The summed E-state index contributed by atoms with van der Waals surface area (Å²) in [5.74, 6) is 0.174. The second kappa shape index (κ2) is 5.72. The third-order valence-electron chi connectivity index (χ3n) is 2.71. The van der Waals surface area contributed by atoms with E-state index in [-0.39, 0.29) is 11.4 Å². The number of amides is 1. The highest BCUT2D eigenvalue weighted by Gasteiger charge is 2.32. The predicted molar refractivity (Wildman–Crippen MR) is 70.8 cm³/mol. The monoisotopic (exact) mass is 283 g/mol. The molecule has 0 aliphatic carbocycles. The fourth-order valence-corrected chi connectivity index (χ4v) is 1.74. The van der Waals surface area contributed by atoms with Crippen LogP contribution in [0.15, 0.2) is 12.3 Å². The molecule has 110 valence electrons. The number of carboxylic acid groups (broad SMARTS) is 1. The highest BCUT2D eigenvalue weighted by Crippen LogP contribution is 2.37. The molecule has 0 aliphatic rings. The standard InChI is InChI=1S/C12H17N3O5/c1-12(2,3)10(14-11(16)17)9-8(20-4)5-7(6-13-9)15(18)19/h5-6,10,14H,1-4H3,(H,16,17). The highest BCUT2D eigenvalue weighted by atomic mass is 16.6. The van der Waals surface area contributed by atoms with E-state index >= 15 is 0 Å². The van der Waals surface area contributed by atoms with Crippen LogP contribution in [0.4, 0.5) is 10.5 Å². The Morgan fingerprint density at radius 1 is 1.55 bits per heavy atom. The predicted octanol–water partition coefficient (Wildman–Crippen LogP) is 2.35. The zero-order chi connectivity index (χ0) is 15.5. The number of nitro groups is 1. The lowest BCUT2D eigenvalue weighted by atomic mass is 9.84. The van der Waals surface area contributed by atoms with Gasteiger partial charge in [-0.2, -0.15) is 0 Å². The molecule has 2 N–H and O–H groups in total. The minimum absolute atomic E-state index is 0.174. The van der Waals surface area contributed by atoms with Gasteiger partial charge in [-0.15, -0.1) is 0 Å². The van der Waals surface area contributed by atoms with E-state index in [1.165, 1.54) is 13.2 Å². The molecule has 1 rings (SSSR count). The zero-order valence-corrected chi connectivity index (χ0v) is 11.7. The van der Waals surface area contributed by atoms with E-state index in [9.17, 15) is 14.9 Å². The number of aromatic nitrogens is 1. The molecular weight excluding hydrogens is 266 g/mol. The number of nitrogens with zero attached hydrogens (tertiary/aromatic N) is 2. The maximum absolute atomic E-state index is 10.9. The number of methoxy groups -OCH3 is 1. The minimum atomic E-state index is -1.20. The molecule has 1 aromatic heterocycles. The van der Waals surface area contributed by atoms with Crippen LogP contribution in [0, 0.1) is 15.5 Å². The topological polar surface area (TPSA) is 115 Å². The molecule has 0 aliphatic heterocycles. The first-order valence-electron chi connectivity index (χ1n) is 5.84. The van der Waals surface area contributed by atoms with Crippen molar-refractivity contribution >= 4 is 11.8 Å². The van der Waals surface area contributed by atoms with Gasteiger partial charge in [0.25, 0.3) is 5.69 Å². The average Bonchev–Trinajstić information content (AvgIpc) is 2.33. The van der Waals surface area contributed by atoms with E-state index in [4.69, 9.17) is 9.84 Å². The molecule has 0 fully saturated rings. The number of carbonyl (C=O) groups is 1. The molecule has 8 nitrogen and oxygen atoms in total. The number of hydrogen-bond acceptors (Lipinski definition) is 5. The van der Waals surface area contributed by atoms with Crippen molar-refractivity contribution in [2.45, 2.75) is 26.8 Å². The molecule has 8 heteroatoms. The summed E-state index contributed by atoms with van der Waals surface area (Å²) in [5.41, 5.74) is -0.379. The van der Waals surface area contributed by atoms with E-state index in [2.05, 4.69) is 10.3 Å². The zero-order valence-electron chi connectivity index (χ0n) is 11.7. The Labute approximate surface area is 115 Å². The SMILES string of the molecule is COc1cc([N+](=O)[O-])cnc1C(NC(=O)O)C(C)(C)C. The Hall–Kier alpha value is -2.38. The van der Waals surface area contributed by atoms with Crippen LogP contribution in [0.25, 0.3) is 0 Å². The largest absolute Gasteiger partial charge is 0.494 e. The Morgan fingerprint density at radius 3 is 2.55 bits per heavy atom. The smallest absolute Gasteiger partial charge is 0.405 e. The van der Waals surface area contributed by atoms with Gasteiger partial charge in [0, 0.05) is 0 Å². The lowest BCUT2D eigenvalue weighted by Crippen LogP contribution is -2.36. The van der Waals surface area contributed by atoms with Gasteiger partial charge in [0.2, 0.25) is 0 Å². The van der Waals surface area contributed by atoms with Crippen LogP contribution >= 0.6 is 0 Å². The Morgan fingerprint density at radius 2 is 2.15 bits per heavy atom. The van der Waals surface area contributed by atoms with Crippen LogP contribution in [-0.2, 0) is 0 Å². The summed E-state index contributed by atoms with van der Waals surface area (Å²) in [4.78, 5) is 25.1. The molecule has 0 aromatic carbocycles. The maximum Gasteiger partial charge on any atom is 0.405 e. The Balaban J connectivity index is 3.32. The summed E-state index contributed by atoms with van der Waals surface area (Å²) in [7, 11) is 1.35. The van der Waals surface area contributed by atoms with Gasteiger partial charge in [-0.3, -0.25) is 10.1 Å². The Bertz CT molecular complexity index is 524. The number of ether oxygens (including phenoxy) is 1. The molecule has 0 radical (unpaired) electrons. The maximum atomic E-state index is 10.9. The van der Waals surface area contributed by atoms with Crippen molar-refractivity contribution in [3.63, 3.8) is 0 Å². The van der Waals surface area contributed by atoms with Crippen LogP contribution in [-0.4, -0.2) is 28.2 Å². The molecule has 1 atom stereocenters. The molecule has 20 heavy (non-hydrogen) atoms. The van der Waals surface area contributed by atoms with Crippen LogP contribution < -0.4 is 10.1 Å². The van der Waals surface area contributed by atoms with Gasteiger partial charge < -0.3 is 15.2 Å². The van der Waals surface area contributed by atoms with E-state index in [0.717, 1.165) is 6.20 Å². The van der Waals surface area contributed by atoms with Crippen molar-refractivity contribution < 1.29 is 19.6 Å². The van der Waals surface area contributed by atoms with Crippen LogP contribution in [0.1, 0.15) is 32.5 Å². The van der Waals surface area contributed by atoms with Crippen molar-refractivity contribution in [1.82, 2.24) is 10.3 Å². The highest BCUT2D eigenvalue weighted by molar-refractivity contribution is 5.65. The van der Waals surface area contributed by atoms with Gasteiger partial charge in [0.15, 0.2) is 0 Å². The molecule has 1 heterocycles. The average molecular weight is 283 g/mol. The first kappa shape index (κ1) is 15.7. The van der Waals surface area contributed by atoms with Gasteiger partial charge >= 0.3 is 6.09 Å². The number of rotatable bonds is 4. The molecule has 1 unspecified atom stereocenters. The minimum Gasteiger partial charge on any atom is -0.494 e. The quantitative estimate of drug-likeness (QED) is 0.647. The number of pyridine rings is 1. The summed E-state index contributed by atoms with van der Waals surface area (Å²) in [5, 5.41) is 22.0. The van der Waals surface area contributed by atoms with Crippen LogP contribution in [0.5, 0.6) is 5.75 Å². The molecule has 0 saturated heterocycles. The summed E-state index contributed by atoms with van der Waals surface area (Å²) in [6, 6.07) is 0.570. The van der Waals surface area contributed by atoms with Crippen molar-refractivity contribution in [1.29, 1.82) is 0 Å². The van der Waals surface area contributed by atoms with E-state index < -0.39 is 22.5 Å². The second-order valence-electron chi connectivity index (χ2n) is 5.29. The summed E-state index contributed by atoms with van der Waals surface area (Å²) < 4.78 is 5.09. The molecule has 1 amide bonds. The van der Waals surface area contributed by atoms with Gasteiger partial charge in [-0.1, -0.05) is 20.8 Å². The fourth-order valence-electron chi connectivity index (χ4n) is 1.74. The van der Waals surface area contributed by atoms with E-state index in [1.54, 1.807) is 0 Å². The molecule has 0 spiro atoms. The third kappa shape index (κ3) is 3.56. The lowest BCUT2D eigenvalue weighted by molar-refractivity contribution is -0.385. The number of hydrogen-bond donors (Lipinski definition) is 2. The van der Waals surface area contributed by atoms with Crippen molar-refractivity contribution in [2.75, 3.05) is 7.11 Å². The summed E-state index contributed by atoms with van der Waals surface area (Å²) in [6.45, 7) is 5.49. The van der Waals surface area contributed by atoms with Crippen LogP contribution in [0.3, 0.4) is 0 Å². The third-order valence-corrected chi connectivity index (χ3v) is 2.71. The molecule has 1 aromatic rings. The fraction of sp³-hybridized carbons (Fsp3) is 0.500. The van der Waals surface area contributed by atoms with Gasteiger partial charge in [-0.25, -0.2) is 9.78 Å².